The third kappa shape index (κ3) is 4.23. The number of hydrogen-bond acceptors (Lipinski definition) is 6. The molecule has 142 valence electrons. The van der Waals surface area contributed by atoms with E-state index >= 15 is 0 Å². The zero-order valence-corrected chi connectivity index (χ0v) is 15.4. The van der Waals surface area contributed by atoms with Crippen molar-refractivity contribution in [2.75, 3.05) is 13.1 Å². The summed E-state index contributed by atoms with van der Waals surface area (Å²) in [6.45, 7) is 9.67. The molecule has 2 N–H and O–H groups in total. The first-order valence-corrected chi connectivity index (χ1v) is 8.67. The van der Waals surface area contributed by atoms with E-state index in [0.717, 1.165) is 0 Å². The normalized spacial score (nSPS) is 27.1. The van der Waals surface area contributed by atoms with E-state index in [0.29, 0.717) is 19.5 Å². The van der Waals surface area contributed by atoms with Crippen LogP contribution in [-0.4, -0.2) is 59.5 Å². The lowest BCUT2D eigenvalue weighted by molar-refractivity contribution is -0.185. The fourth-order valence-corrected chi connectivity index (χ4v) is 3.17. The van der Waals surface area contributed by atoms with Gasteiger partial charge in [-0.15, -0.1) is 0 Å². The van der Waals surface area contributed by atoms with E-state index in [1.165, 1.54) is 0 Å². The van der Waals surface area contributed by atoms with Crippen molar-refractivity contribution in [2.24, 2.45) is 17.3 Å². The molecule has 8 nitrogen and oxygen atoms in total. The summed E-state index contributed by atoms with van der Waals surface area (Å²) in [6, 6.07) is -0.845. The van der Waals surface area contributed by atoms with Crippen molar-refractivity contribution < 1.29 is 29.0 Å². The SMILES string of the molecule is CC(C)C(OC(=O)N1CC[C@@H]2C(C(=O)O)NC[C@@H]21)OC(=O)C(C)(C)C. The van der Waals surface area contributed by atoms with Crippen molar-refractivity contribution in [1.82, 2.24) is 10.2 Å². The standard InChI is InChI=1S/C17H28N2O6/c1-9(2)14(24-15(22)17(3,4)5)25-16(23)19-7-6-10-11(19)8-18-12(10)13(20)21/h9-12,14,18H,6-8H2,1-5H3,(H,20,21)/t10-,11-,12?,14?/m0/s1. The Morgan fingerprint density at radius 2 is 1.84 bits per heavy atom. The molecule has 0 aromatic rings. The maximum absolute atomic E-state index is 12.5. The van der Waals surface area contributed by atoms with Crippen LogP contribution >= 0.6 is 0 Å². The molecule has 4 atom stereocenters. The Morgan fingerprint density at radius 1 is 1.20 bits per heavy atom. The van der Waals surface area contributed by atoms with Gasteiger partial charge in [-0.1, -0.05) is 13.8 Å². The van der Waals surface area contributed by atoms with Crippen LogP contribution in [0.3, 0.4) is 0 Å². The van der Waals surface area contributed by atoms with Crippen molar-refractivity contribution in [2.45, 2.75) is 59.4 Å². The van der Waals surface area contributed by atoms with Crippen molar-refractivity contribution in [1.29, 1.82) is 0 Å². The molecule has 25 heavy (non-hydrogen) atoms. The quantitative estimate of drug-likeness (QED) is 0.580. The number of carboxylic acids is 1. The third-order valence-electron chi connectivity index (χ3n) is 4.67. The van der Waals surface area contributed by atoms with Crippen LogP contribution in [0.1, 0.15) is 41.0 Å². The van der Waals surface area contributed by atoms with Gasteiger partial charge in [0.05, 0.1) is 11.5 Å². The molecule has 0 bridgehead atoms. The number of carbonyl (C=O) groups is 3. The van der Waals surface area contributed by atoms with E-state index in [-0.39, 0.29) is 17.9 Å². The van der Waals surface area contributed by atoms with E-state index in [2.05, 4.69) is 5.32 Å². The molecular weight excluding hydrogens is 328 g/mol. The Hall–Kier alpha value is -1.83. The topological polar surface area (TPSA) is 105 Å². The predicted octanol–water partition coefficient (Wildman–Crippen LogP) is 1.44. The Kier molecular flexibility index (Phi) is 5.61. The highest BCUT2D eigenvalue weighted by molar-refractivity contribution is 5.77. The Bertz CT molecular complexity index is 542. The lowest BCUT2D eigenvalue weighted by Gasteiger charge is -2.29. The molecular formula is C17H28N2O6. The molecule has 2 fully saturated rings. The number of amides is 1. The summed E-state index contributed by atoms with van der Waals surface area (Å²) in [6.07, 6.45) is -0.929. The third-order valence-corrected chi connectivity index (χ3v) is 4.67. The van der Waals surface area contributed by atoms with Crippen molar-refractivity contribution >= 4 is 18.0 Å². The van der Waals surface area contributed by atoms with Crippen LogP contribution in [-0.2, 0) is 19.1 Å². The van der Waals surface area contributed by atoms with Gasteiger partial charge in [0, 0.05) is 24.9 Å². The van der Waals surface area contributed by atoms with Gasteiger partial charge in [0.15, 0.2) is 0 Å². The van der Waals surface area contributed by atoms with E-state index in [9.17, 15) is 19.5 Å². The van der Waals surface area contributed by atoms with Crippen molar-refractivity contribution in [3.05, 3.63) is 0 Å². The zero-order valence-electron chi connectivity index (χ0n) is 15.4. The van der Waals surface area contributed by atoms with Gasteiger partial charge >= 0.3 is 18.0 Å². The summed E-state index contributed by atoms with van der Waals surface area (Å²) in [5.74, 6) is -1.66. The summed E-state index contributed by atoms with van der Waals surface area (Å²) in [4.78, 5) is 37.4. The summed E-state index contributed by atoms with van der Waals surface area (Å²) >= 11 is 0. The average molecular weight is 356 g/mol. The summed E-state index contributed by atoms with van der Waals surface area (Å²) in [5.41, 5.74) is -0.692. The first-order chi connectivity index (χ1) is 11.5. The van der Waals surface area contributed by atoms with Crippen LogP contribution < -0.4 is 5.32 Å². The second kappa shape index (κ2) is 7.19. The van der Waals surface area contributed by atoms with Gasteiger partial charge in [-0.25, -0.2) is 4.79 Å². The van der Waals surface area contributed by atoms with Gasteiger partial charge in [0.2, 0.25) is 0 Å². The molecule has 8 heteroatoms. The highest BCUT2D eigenvalue weighted by Gasteiger charge is 2.49. The Morgan fingerprint density at radius 3 is 2.36 bits per heavy atom. The fraction of sp³-hybridized carbons (Fsp3) is 0.824. The van der Waals surface area contributed by atoms with E-state index in [4.69, 9.17) is 9.47 Å². The number of carboxylic acid groups (broad SMARTS) is 1. The second-order valence-corrected chi connectivity index (χ2v) is 8.09. The van der Waals surface area contributed by atoms with Crippen LogP contribution in [0.25, 0.3) is 0 Å². The molecule has 0 spiro atoms. The number of rotatable bonds is 4. The van der Waals surface area contributed by atoms with Gasteiger partial charge in [0.1, 0.15) is 6.04 Å². The number of likely N-dealkylation sites (tertiary alicyclic amines) is 1. The van der Waals surface area contributed by atoms with Crippen LogP contribution in [0.4, 0.5) is 4.79 Å². The maximum atomic E-state index is 12.5. The highest BCUT2D eigenvalue weighted by atomic mass is 16.7. The molecule has 0 aromatic heterocycles. The average Bonchev–Trinajstić information content (AvgIpc) is 3.05. The van der Waals surface area contributed by atoms with Crippen LogP contribution in [0, 0.1) is 17.3 Å². The van der Waals surface area contributed by atoms with E-state index < -0.39 is 35.8 Å². The first-order valence-electron chi connectivity index (χ1n) is 8.67. The molecule has 2 aliphatic rings. The van der Waals surface area contributed by atoms with Gasteiger partial charge in [-0.05, 0) is 27.2 Å². The van der Waals surface area contributed by atoms with Crippen LogP contribution in [0.2, 0.25) is 0 Å². The molecule has 2 unspecified atom stereocenters. The minimum absolute atomic E-state index is 0.125. The van der Waals surface area contributed by atoms with Gasteiger partial charge < -0.3 is 24.8 Å². The van der Waals surface area contributed by atoms with E-state index in [1.807, 2.05) is 0 Å². The zero-order chi connectivity index (χ0) is 18.9. The van der Waals surface area contributed by atoms with Gasteiger partial charge in [0.25, 0.3) is 6.29 Å². The number of ether oxygens (including phenoxy) is 2. The van der Waals surface area contributed by atoms with Gasteiger partial charge in [-0.2, -0.15) is 0 Å². The largest absolute Gasteiger partial charge is 0.480 e. The summed E-state index contributed by atoms with van der Waals surface area (Å²) in [7, 11) is 0. The number of hydrogen-bond donors (Lipinski definition) is 2. The molecule has 0 aliphatic carbocycles. The molecule has 0 radical (unpaired) electrons. The van der Waals surface area contributed by atoms with Crippen molar-refractivity contribution in [3.63, 3.8) is 0 Å². The molecule has 2 aliphatic heterocycles. The maximum Gasteiger partial charge on any atom is 0.413 e. The number of aliphatic carboxylic acids is 1. The molecule has 2 heterocycles. The molecule has 1 amide bonds. The van der Waals surface area contributed by atoms with Gasteiger partial charge in [-0.3, -0.25) is 9.59 Å². The van der Waals surface area contributed by atoms with E-state index in [1.54, 1.807) is 39.5 Å². The summed E-state index contributed by atoms with van der Waals surface area (Å²) < 4.78 is 10.8. The first kappa shape index (κ1) is 19.5. The molecule has 2 saturated heterocycles. The minimum Gasteiger partial charge on any atom is -0.480 e. The van der Waals surface area contributed by atoms with Crippen LogP contribution in [0.5, 0.6) is 0 Å². The number of nitrogens with one attached hydrogen (secondary N) is 1. The number of esters is 1. The molecule has 0 saturated carbocycles. The minimum atomic E-state index is -0.970. The van der Waals surface area contributed by atoms with Crippen LogP contribution in [0.15, 0.2) is 0 Å². The lowest BCUT2D eigenvalue weighted by Crippen LogP contribution is -2.43. The Labute approximate surface area is 147 Å². The predicted molar refractivity (Wildman–Crippen MR) is 88.7 cm³/mol. The summed E-state index contributed by atoms with van der Waals surface area (Å²) in [5, 5.41) is 12.2. The lowest BCUT2D eigenvalue weighted by atomic mass is 9.97. The number of fused-ring (bicyclic) bond motifs is 1. The van der Waals surface area contributed by atoms with Crippen molar-refractivity contribution in [3.8, 4) is 0 Å². The smallest absolute Gasteiger partial charge is 0.413 e. The Balaban J connectivity index is 2.00. The monoisotopic (exact) mass is 356 g/mol. The number of nitrogens with zero attached hydrogens (tertiary/aromatic N) is 1. The second-order valence-electron chi connectivity index (χ2n) is 8.09. The number of carbonyl (C=O) groups excluding carboxylic acids is 2. The molecule has 0 aromatic carbocycles. The molecule has 2 rings (SSSR count). The highest BCUT2D eigenvalue weighted by Crippen LogP contribution is 2.32. The fourth-order valence-electron chi connectivity index (χ4n) is 3.17.